The van der Waals surface area contributed by atoms with Crippen molar-refractivity contribution >= 4 is 17.7 Å². The van der Waals surface area contributed by atoms with E-state index in [1.165, 1.54) is 19.9 Å². The minimum Gasteiger partial charge on any atom is -0.449 e. The van der Waals surface area contributed by atoms with Crippen LogP contribution >= 0.6 is 0 Å². The van der Waals surface area contributed by atoms with Gasteiger partial charge in [0.2, 0.25) is 5.76 Å². The van der Waals surface area contributed by atoms with Crippen molar-refractivity contribution in [3.05, 3.63) is 47.7 Å². The van der Waals surface area contributed by atoms with Gasteiger partial charge in [-0.05, 0) is 46.8 Å². The van der Waals surface area contributed by atoms with Gasteiger partial charge in [0, 0.05) is 16.7 Å². The number of amides is 1. The van der Waals surface area contributed by atoms with E-state index in [2.05, 4.69) is 5.32 Å². The fraction of sp³-hybridized carbons (Fsp3) is 0.350. The Hall–Kier alpha value is -2.89. The number of hydrogen-bond acceptors (Lipinski definition) is 5. The molecule has 2 rings (SSSR count). The van der Waals surface area contributed by atoms with Crippen LogP contribution in [0, 0.1) is 0 Å². The van der Waals surface area contributed by atoms with Gasteiger partial charge in [-0.3, -0.25) is 9.59 Å². The van der Waals surface area contributed by atoms with E-state index in [9.17, 15) is 14.4 Å². The molecular formula is C20H23NO5. The number of hydrogen-bond donors (Lipinski definition) is 1. The SMILES string of the molecule is CC(=O)c1ccc(-c2ccc(C(=O)O[C@@H](C)C(=O)NC(C)(C)C)o2)cc1. The summed E-state index contributed by atoms with van der Waals surface area (Å²) in [5.41, 5.74) is 0.910. The van der Waals surface area contributed by atoms with Gasteiger partial charge >= 0.3 is 5.97 Å². The summed E-state index contributed by atoms with van der Waals surface area (Å²) in [4.78, 5) is 35.5. The number of Topliss-reactive ketones (excluding diaryl/α,β-unsaturated/α-hetero) is 1. The highest BCUT2D eigenvalue weighted by Gasteiger charge is 2.24. The lowest BCUT2D eigenvalue weighted by Gasteiger charge is -2.22. The van der Waals surface area contributed by atoms with Gasteiger partial charge in [0.05, 0.1) is 0 Å². The summed E-state index contributed by atoms with van der Waals surface area (Å²) in [6.07, 6.45) is -0.940. The van der Waals surface area contributed by atoms with E-state index in [1.54, 1.807) is 30.3 Å². The van der Waals surface area contributed by atoms with Crippen molar-refractivity contribution in [2.24, 2.45) is 0 Å². The van der Waals surface area contributed by atoms with Gasteiger partial charge < -0.3 is 14.5 Å². The van der Waals surface area contributed by atoms with Crippen LogP contribution in [0.2, 0.25) is 0 Å². The Kier molecular flexibility index (Phi) is 5.65. The van der Waals surface area contributed by atoms with Crippen LogP contribution in [0.5, 0.6) is 0 Å². The van der Waals surface area contributed by atoms with Crippen molar-refractivity contribution in [1.82, 2.24) is 5.32 Å². The highest BCUT2D eigenvalue weighted by Crippen LogP contribution is 2.23. The van der Waals surface area contributed by atoms with E-state index in [1.807, 2.05) is 20.8 Å². The number of nitrogens with one attached hydrogen (secondary N) is 1. The minimum atomic E-state index is -0.940. The summed E-state index contributed by atoms with van der Waals surface area (Å²) in [6, 6.07) is 9.99. The van der Waals surface area contributed by atoms with Crippen molar-refractivity contribution in [2.45, 2.75) is 46.3 Å². The van der Waals surface area contributed by atoms with E-state index in [0.717, 1.165) is 5.56 Å². The van der Waals surface area contributed by atoms with Crippen molar-refractivity contribution in [3.63, 3.8) is 0 Å². The monoisotopic (exact) mass is 357 g/mol. The summed E-state index contributed by atoms with van der Waals surface area (Å²) in [7, 11) is 0. The highest BCUT2D eigenvalue weighted by atomic mass is 16.6. The molecule has 0 unspecified atom stereocenters. The molecule has 0 spiro atoms. The lowest BCUT2D eigenvalue weighted by atomic mass is 10.1. The molecule has 0 fully saturated rings. The van der Waals surface area contributed by atoms with E-state index in [4.69, 9.17) is 9.15 Å². The van der Waals surface area contributed by atoms with Crippen LogP contribution in [0.25, 0.3) is 11.3 Å². The number of ketones is 1. The Bertz CT molecular complexity index is 811. The van der Waals surface area contributed by atoms with Crippen LogP contribution in [0.15, 0.2) is 40.8 Å². The minimum absolute atomic E-state index is 0.00560. The van der Waals surface area contributed by atoms with Crippen LogP contribution in [0.3, 0.4) is 0 Å². The number of esters is 1. The Morgan fingerprint density at radius 3 is 2.19 bits per heavy atom. The summed E-state index contributed by atoms with van der Waals surface area (Å²) < 4.78 is 10.7. The number of carbonyl (C=O) groups is 3. The van der Waals surface area contributed by atoms with Gasteiger partial charge in [-0.2, -0.15) is 0 Å². The number of rotatable bonds is 5. The second kappa shape index (κ2) is 7.56. The molecule has 0 saturated heterocycles. The first kappa shape index (κ1) is 19.4. The Labute approximate surface area is 152 Å². The molecule has 6 heteroatoms. The van der Waals surface area contributed by atoms with Gasteiger partial charge in [0.25, 0.3) is 5.91 Å². The summed E-state index contributed by atoms with van der Waals surface area (Å²) in [5.74, 6) is -0.640. The predicted molar refractivity (Wildman–Crippen MR) is 96.9 cm³/mol. The maximum atomic E-state index is 12.2. The normalized spacial score (nSPS) is 12.3. The van der Waals surface area contributed by atoms with Gasteiger partial charge in [-0.25, -0.2) is 4.79 Å². The molecule has 1 N–H and O–H groups in total. The molecule has 1 atom stereocenters. The summed E-state index contributed by atoms with van der Waals surface area (Å²) in [6.45, 7) is 8.52. The summed E-state index contributed by atoms with van der Waals surface area (Å²) in [5, 5.41) is 2.75. The van der Waals surface area contributed by atoms with Crippen LogP contribution in [-0.2, 0) is 9.53 Å². The van der Waals surface area contributed by atoms with Crippen molar-refractivity contribution in [2.75, 3.05) is 0 Å². The molecule has 2 aromatic rings. The zero-order chi connectivity index (χ0) is 19.5. The molecule has 6 nitrogen and oxygen atoms in total. The average molecular weight is 357 g/mol. The van der Waals surface area contributed by atoms with Crippen LogP contribution in [-0.4, -0.2) is 29.3 Å². The first-order valence-electron chi connectivity index (χ1n) is 8.31. The molecule has 0 aliphatic rings. The molecule has 26 heavy (non-hydrogen) atoms. The van der Waals surface area contributed by atoms with Gasteiger partial charge in [-0.15, -0.1) is 0 Å². The quantitative estimate of drug-likeness (QED) is 0.653. The van der Waals surface area contributed by atoms with Crippen LogP contribution in [0.1, 0.15) is 55.5 Å². The molecule has 1 amide bonds. The van der Waals surface area contributed by atoms with Gasteiger partial charge in [0.1, 0.15) is 5.76 Å². The second-order valence-electron chi connectivity index (χ2n) is 7.08. The zero-order valence-corrected chi connectivity index (χ0v) is 15.6. The lowest BCUT2D eigenvalue weighted by molar-refractivity contribution is -0.130. The maximum absolute atomic E-state index is 12.2. The highest BCUT2D eigenvalue weighted by molar-refractivity contribution is 5.94. The van der Waals surface area contributed by atoms with Crippen LogP contribution in [0.4, 0.5) is 0 Å². The molecule has 0 aliphatic heterocycles. The molecule has 1 aromatic heterocycles. The number of carbonyl (C=O) groups excluding carboxylic acids is 3. The Morgan fingerprint density at radius 1 is 1.04 bits per heavy atom. The van der Waals surface area contributed by atoms with Gasteiger partial charge in [0.15, 0.2) is 11.9 Å². The Balaban J connectivity index is 2.05. The van der Waals surface area contributed by atoms with Crippen LogP contribution < -0.4 is 5.32 Å². The third-order valence-corrected chi connectivity index (χ3v) is 3.53. The fourth-order valence-corrected chi connectivity index (χ4v) is 2.22. The molecular weight excluding hydrogens is 334 g/mol. The summed E-state index contributed by atoms with van der Waals surface area (Å²) >= 11 is 0. The maximum Gasteiger partial charge on any atom is 0.375 e. The molecule has 138 valence electrons. The van der Waals surface area contributed by atoms with E-state index in [0.29, 0.717) is 11.3 Å². The first-order chi connectivity index (χ1) is 12.1. The molecule has 0 aliphatic carbocycles. The predicted octanol–water partition coefficient (Wildman–Crippen LogP) is 3.61. The zero-order valence-electron chi connectivity index (χ0n) is 15.6. The standard InChI is InChI=1S/C20H23NO5/c1-12(22)14-6-8-15(9-7-14)16-10-11-17(26-16)19(24)25-13(2)18(23)21-20(3,4)5/h6-11,13H,1-5H3,(H,21,23)/t13-/m0/s1. The molecule has 0 radical (unpaired) electrons. The van der Waals surface area contributed by atoms with E-state index in [-0.39, 0.29) is 17.5 Å². The van der Waals surface area contributed by atoms with Crippen molar-refractivity contribution < 1.29 is 23.5 Å². The molecule has 0 bridgehead atoms. The third-order valence-electron chi connectivity index (χ3n) is 3.53. The van der Waals surface area contributed by atoms with E-state index >= 15 is 0 Å². The first-order valence-corrected chi connectivity index (χ1v) is 8.31. The smallest absolute Gasteiger partial charge is 0.375 e. The number of furan rings is 1. The fourth-order valence-electron chi connectivity index (χ4n) is 2.22. The van der Waals surface area contributed by atoms with Crippen molar-refractivity contribution in [1.29, 1.82) is 0 Å². The topological polar surface area (TPSA) is 85.6 Å². The van der Waals surface area contributed by atoms with E-state index < -0.39 is 17.6 Å². The molecule has 1 aromatic carbocycles. The molecule has 0 saturated carbocycles. The second-order valence-corrected chi connectivity index (χ2v) is 7.08. The third kappa shape index (κ3) is 5.05. The largest absolute Gasteiger partial charge is 0.449 e. The molecule has 1 heterocycles. The van der Waals surface area contributed by atoms with Gasteiger partial charge in [-0.1, -0.05) is 24.3 Å². The average Bonchev–Trinajstić information content (AvgIpc) is 3.03. The van der Waals surface area contributed by atoms with Crippen molar-refractivity contribution in [3.8, 4) is 11.3 Å². The number of ether oxygens (including phenoxy) is 1. The lowest BCUT2D eigenvalue weighted by Crippen LogP contribution is -2.46. The Morgan fingerprint density at radius 2 is 1.65 bits per heavy atom. The number of benzene rings is 1.